The molecule has 66 valence electrons. The van der Waals surface area contributed by atoms with Gasteiger partial charge in [-0.15, -0.1) is 0 Å². The van der Waals surface area contributed by atoms with Crippen LogP contribution in [0.15, 0.2) is 33.7 Å². The molecule has 0 aliphatic heterocycles. The first-order chi connectivity index (χ1) is 6.20. The molecule has 1 N–H and O–H groups in total. The quantitative estimate of drug-likeness (QED) is 0.703. The highest BCUT2D eigenvalue weighted by molar-refractivity contribution is 6.35. The molecule has 0 aliphatic rings. The molecule has 13 heavy (non-hydrogen) atoms. The van der Waals surface area contributed by atoms with E-state index in [4.69, 9.17) is 21.1 Å². The van der Waals surface area contributed by atoms with Crippen molar-refractivity contribution in [1.82, 2.24) is 0 Å². The van der Waals surface area contributed by atoms with Crippen LogP contribution in [0.4, 0.5) is 0 Å². The minimum atomic E-state index is -0.508. The summed E-state index contributed by atoms with van der Waals surface area (Å²) in [4.78, 5) is 11.4. The Balaban J connectivity index is 3.06. The third-order valence-corrected chi connectivity index (χ3v) is 2.05. The van der Waals surface area contributed by atoms with E-state index in [2.05, 4.69) is 0 Å². The van der Waals surface area contributed by atoms with E-state index in [-0.39, 0.29) is 10.4 Å². The second-order valence-corrected chi connectivity index (χ2v) is 2.97. The molecule has 0 atom stereocenters. The summed E-state index contributed by atoms with van der Waals surface area (Å²) >= 11 is 5.76. The highest BCUT2D eigenvalue weighted by atomic mass is 35.5. The third kappa shape index (κ3) is 1.17. The van der Waals surface area contributed by atoms with Crippen molar-refractivity contribution in [3.05, 3.63) is 39.7 Å². The zero-order chi connectivity index (χ0) is 9.42. The Labute approximate surface area is 78.2 Å². The number of hydrogen-bond acceptors (Lipinski definition) is 3. The van der Waals surface area contributed by atoms with Crippen LogP contribution in [-0.4, -0.2) is 5.11 Å². The Morgan fingerprint density at radius 1 is 1.38 bits per heavy atom. The van der Waals surface area contributed by atoms with Crippen LogP contribution in [0, 0.1) is 0 Å². The van der Waals surface area contributed by atoms with Crippen LogP contribution in [0.2, 0.25) is 5.02 Å². The molecular weight excluding hydrogens is 192 g/mol. The van der Waals surface area contributed by atoms with Crippen molar-refractivity contribution in [3.8, 4) is 5.75 Å². The number of fused-ring (bicyclic) bond motifs is 1. The van der Waals surface area contributed by atoms with Gasteiger partial charge in [-0.05, 0) is 12.1 Å². The van der Waals surface area contributed by atoms with Gasteiger partial charge in [-0.25, -0.2) is 0 Å². The smallest absolute Gasteiger partial charge is 0.235 e. The summed E-state index contributed by atoms with van der Waals surface area (Å²) in [6.45, 7) is 0. The van der Waals surface area contributed by atoms with Gasteiger partial charge in [0, 0.05) is 0 Å². The van der Waals surface area contributed by atoms with Crippen LogP contribution in [0.5, 0.6) is 5.75 Å². The van der Waals surface area contributed by atoms with Gasteiger partial charge in [-0.1, -0.05) is 17.7 Å². The molecule has 0 aliphatic carbocycles. The summed E-state index contributed by atoms with van der Waals surface area (Å²) in [6, 6.07) is 4.85. The van der Waals surface area contributed by atoms with Crippen LogP contribution in [0.3, 0.4) is 0 Å². The van der Waals surface area contributed by atoms with Gasteiger partial charge in [-0.2, -0.15) is 0 Å². The first-order valence-corrected chi connectivity index (χ1v) is 3.97. The maximum absolute atomic E-state index is 11.4. The molecule has 0 saturated heterocycles. The molecule has 0 amide bonds. The third-order valence-electron chi connectivity index (χ3n) is 1.73. The largest absolute Gasteiger partial charge is 0.502 e. The first-order valence-electron chi connectivity index (χ1n) is 3.59. The molecule has 0 unspecified atom stereocenters. The maximum Gasteiger partial charge on any atom is 0.235 e. The number of aromatic hydroxyl groups is 1. The van der Waals surface area contributed by atoms with E-state index < -0.39 is 11.2 Å². The van der Waals surface area contributed by atoms with E-state index in [1.165, 1.54) is 0 Å². The van der Waals surface area contributed by atoms with Crippen LogP contribution in [0.1, 0.15) is 0 Å². The Hall–Kier alpha value is -1.48. The van der Waals surface area contributed by atoms with E-state index in [1.54, 1.807) is 18.2 Å². The normalized spacial score (nSPS) is 10.5. The predicted octanol–water partition coefficient (Wildman–Crippen LogP) is 2.15. The fourth-order valence-corrected chi connectivity index (χ4v) is 1.38. The minimum Gasteiger partial charge on any atom is -0.502 e. The number of hydrogen-bond donors (Lipinski definition) is 1. The molecule has 2 rings (SSSR count). The van der Waals surface area contributed by atoms with Crippen molar-refractivity contribution in [2.45, 2.75) is 0 Å². The van der Waals surface area contributed by atoms with Gasteiger partial charge >= 0.3 is 0 Å². The number of rotatable bonds is 0. The van der Waals surface area contributed by atoms with E-state index >= 15 is 0 Å². The second-order valence-electron chi connectivity index (χ2n) is 2.56. The Kier molecular flexibility index (Phi) is 1.74. The molecule has 0 bridgehead atoms. The summed E-state index contributed by atoms with van der Waals surface area (Å²) in [5.74, 6) is -0.430. The summed E-state index contributed by atoms with van der Waals surface area (Å²) in [7, 11) is 0. The van der Waals surface area contributed by atoms with Gasteiger partial charge in [0.1, 0.15) is 11.8 Å². The monoisotopic (exact) mass is 196 g/mol. The number of benzene rings is 1. The van der Waals surface area contributed by atoms with Gasteiger partial charge in [0.15, 0.2) is 5.75 Å². The molecule has 4 heteroatoms. The van der Waals surface area contributed by atoms with E-state index in [1.807, 2.05) is 0 Å². The fourth-order valence-electron chi connectivity index (χ4n) is 1.12. The highest BCUT2D eigenvalue weighted by Gasteiger charge is 2.07. The van der Waals surface area contributed by atoms with Crippen molar-refractivity contribution in [3.63, 3.8) is 0 Å². The van der Waals surface area contributed by atoms with Gasteiger partial charge < -0.3 is 9.52 Å². The lowest BCUT2D eigenvalue weighted by Crippen LogP contribution is -2.00. The molecule has 0 fully saturated rings. The molecule has 1 aromatic carbocycles. The van der Waals surface area contributed by atoms with Crippen molar-refractivity contribution >= 4 is 22.6 Å². The Morgan fingerprint density at radius 2 is 2.15 bits per heavy atom. The zero-order valence-corrected chi connectivity index (χ0v) is 7.21. The molecule has 0 radical (unpaired) electrons. The molecule has 1 aromatic heterocycles. The van der Waals surface area contributed by atoms with Crippen molar-refractivity contribution in [2.75, 3.05) is 0 Å². The van der Waals surface area contributed by atoms with Gasteiger partial charge in [-0.3, -0.25) is 4.79 Å². The molecule has 2 aromatic rings. The standard InChI is InChI=1S/C9H5ClO3/c10-5-2-1-3-7-8(5)9(12)6(11)4-13-7/h1-4,11H. The lowest BCUT2D eigenvalue weighted by atomic mass is 10.2. The van der Waals surface area contributed by atoms with E-state index in [0.717, 1.165) is 6.26 Å². The molecule has 1 heterocycles. The number of halogens is 1. The Morgan fingerprint density at radius 3 is 2.92 bits per heavy atom. The molecule has 0 spiro atoms. The van der Waals surface area contributed by atoms with Gasteiger partial charge in [0.25, 0.3) is 0 Å². The average Bonchev–Trinajstić information content (AvgIpc) is 2.12. The lowest BCUT2D eigenvalue weighted by Gasteiger charge is -1.97. The fraction of sp³-hybridized carbons (Fsp3) is 0. The summed E-state index contributed by atoms with van der Waals surface area (Å²) in [5.41, 5.74) is -0.137. The topological polar surface area (TPSA) is 50.4 Å². The van der Waals surface area contributed by atoms with Crippen LogP contribution >= 0.6 is 11.6 Å². The lowest BCUT2D eigenvalue weighted by molar-refractivity contribution is 0.442. The molecule has 0 saturated carbocycles. The average molecular weight is 197 g/mol. The van der Waals surface area contributed by atoms with E-state index in [9.17, 15) is 4.79 Å². The van der Waals surface area contributed by atoms with Crippen LogP contribution < -0.4 is 5.43 Å². The predicted molar refractivity (Wildman–Crippen MR) is 49.2 cm³/mol. The van der Waals surface area contributed by atoms with Gasteiger partial charge in [0.2, 0.25) is 5.43 Å². The SMILES string of the molecule is O=c1c(O)coc2cccc(Cl)c12. The summed E-state index contributed by atoms with van der Waals surface area (Å²) in [5, 5.41) is 9.57. The van der Waals surface area contributed by atoms with Crippen LogP contribution in [0.25, 0.3) is 11.0 Å². The minimum absolute atomic E-state index is 0.212. The van der Waals surface area contributed by atoms with Crippen molar-refractivity contribution < 1.29 is 9.52 Å². The van der Waals surface area contributed by atoms with E-state index in [0.29, 0.717) is 5.58 Å². The molecular formula is C9H5ClO3. The Bertz CT molecular complexity index is 516. The van der Waals surface area contributed by atoms with Gasteiger partial charge in [0.05, 0.1) is 10.4 Å². The zero-order valence-electron chi connectivity index (χ0n) is 6.45. The molecule has 3 nitrogen and oxygen atoms in total. The second kappa shape index (κ2) is 2.78. The van der Waals surface area contributed by atoms with Crippen LogP contribution in [-0.2, 0) is 0 Å². The van der Waals surface area contributed by atoms with Crippen molar-refractivity contribution in [2.24, 2.45) is 0 Å². The highest BCUT2D eigenvalue weighted by Crippen LogP contribution is 2.21. The summed E-state index contributed by atoms with van der Waals surface area (Å²) in [6.07, 6.45) is 1.00. The van der Waals surface area contributed by atoms with Crippen molar-refractivity contribution in [1.29, 1.82) is 0 Å². The first kappa shape index (κ1) is 8.13. The maximum atomic E-state index is 11.4. The summed E-state index contributed by atoms with van der Waals surface area (Å²) < 4.78 is 4.97.